The van der Waals surface area contributed by atoms with Gasteiger partial charge in [-0.3, -0.25) is 4.79 Å². The molecule has 2 aliphatic heterocycles. The van der Waals surface area contributed by atoms with Crippen molar-refractivity contribution in [2.75, 3.05) is 13.2 Å². The van der Waals surface area contributed by atoms with E-state index in [1.54, 1.807) is 0 Å². The van der Waals surface area contributed by atoms with Crippen molar-refractivity contribution in [3.8, 4) is 0 Å². The summed E-state index contributed by atoms with van der Waals surface area (Å²) >= 11 is 0. The van der Waals surface area contributed by atoms with Crippen molar-refractivity contribution >= 4 is 5.78 Å². The fraction of sp³-hybridized carbons (Fsp3) is 0.955. The van der Waals surface area contributed by atoms with E-state index >= 15 is 0 Å². The largest absolute Gasteiger partial charge is 0.393 e. The molecule has 28 heavy (non-hydrogen) atoms. The van der Waals surface area contributed by atoms with Crippen molar-refractivity contribution in [1.29, 1.82) is 0 Å². The van der Waals surface area contributed by atoms with Crippen LogP contribution in [0.25, 0.3) is 0 Å². The lowest BCUT2D eigenvalue weighted by molar-refractivity contribution is -0.265. The maximum absolute atomic E-state index is 13.3. The molecular weight excluding hydrogens is 360 g/mol. The highest BCUT2D eigenvalue weighted by Gasteiger charge is 2.73. The first kappa shape index (κ1) is 20.7. The van der Waals surface area contributed by atoms with Gasteiger partial charge in [-0.05, 0) is 32.6 Å². The summed E-state index contributed by atoms with van der Waals surface area (Å²) < 4.78 is 18.5. The predicted molar refractivity (Wildman–Crippen MR) is 103 cm³/mol. The topological polar surface area (TPSA) is 85.2 Å². The summed E-state index contributed by atoms with van der Waals surface area (Å²) in [5.74, 6) is -0.864. The van der Waals surface area contributed by atoms with Crippen LogP contribution in [0.5, 0.6) is 0 Å². The Morgan fingerprint density at radius 3 is 2.57 bits per heavy atom. The Labute approximate surface area is 167 Å². The summed E-state index contributed by atoms with van der Waals surface area (Å²) in [4.78, 5) is 13.3. The van der Waals surface area contributed by atoms with Crippen molar-refractivity contribution in [2.24, 2.45) is 22.7 Å². The first-order chi connectivity index (χ1) is 13.0. The molecule has 0 radical (unpaired) electrons. The molecule has 4 aliphatic rings. The van der Waals surface area contributed by atoms with Crippen molar-refractivity contribution in [3.05, 3.63) is 0 Å². The lowest BCUT2D eigenvalue weighted by Gasteiger charge is -2.64. The molecule has 0 aromatic heterocycles. The minimum atomic E-state index is -1.07. The molecule has 2 heterocycles. The van der Waals surface area contributed by atoms with Gasteiger partial charge in [0, 0.05) is 35.7 Å². The normalized spacial score (nSPS) is 53.1. The van der Waals surface area contributed by atoms with E-state index in [1.165, 1.54) is 0 Å². The monoisotopic (exact) mass is 396 g/mol. The van der Waals surface area contributed by atoms with E-state index in [0.29, 0.717) is 26.1 Å². The molecule has 2 N–H and O–H groups in total. The van der Waals surface area contributed by atoms with E-state index in [4.69, 9.17) is 14.2 Å². The van der Waals surface area contributed by atoms with Crippen LogP contribution in [0.2, 0.25) is 0 Å². The number of hydrogen-bond donors (Lipinski definition) is 2. The summed E-state index contributed by atoms with van der Waals surface area (Å²) in [7, 11) is 0. The molecule has 0 aromatic rings. The zero-order valence-corrected chi connectivity index (χ0v) is 17.9. The third kappa shape index (κ3) is 2.54. The van der Waals surface area contributed by atoms with E-state index in [0.717, 1.165) is 19.3 Å². The zero-order chi connectivity index (χ0) is 20.5. The molecule has 0 aromatic carbocycles. The Morgan fingerprint density at radius 1 is 1.18 bits per heavy atom. The van der Waals surface area contributed by atoms with Gasteiger partial charge in [-0.25, -0.2) is 0 Å². The predicted octanol–water partition coefficient (Wildman–Crippen LogP) is 2.44. The van der Waals surface area contributed by atoms with Gasteiger partial charge in [-0.2, -0.15) is 0 Å². The van der Waals surface area contributed by atoms with Crippen LogP contribution in [0, 0.1) is 22.7 Å². The molecule has 6 nitrogen and oxygen atoms in total. The maximum Gasteiger partial charge on any atom is 0.166 e. The highest BCUT2D eigenvalue weighted by molar-refractivity contribution is 5.88. The van der Waals surface area contributed by atoms with Crippen molar-refractivity contribution < 1.29 is 29.2 Å². The van der Waals surface area contributed by atoms with E-state index in [2.05, 4.69) is 6.92 Å². The minimum Gasteiger partial charge on any atom is -0.393 e. The van der Waals surface area contributed by atoms with Crippen LogP contribution in [-0.2, 0) is 19.0 Å². The number of Topliss-reactive ketones (excluding diaryl/α,β-unsaturated/α-hetero) is 1. The van der Waals surface area contributed by atoms with Gasteiger partial charge in [0.25, 0.3) is 0 Å². The van der Waals surface area contributed by atoms with Gasteiger partial charge < -0.3 is 24.4 Å². The number of rotatable bonds is 2. The molecule has 6 heteroatoms. The molecule has 0 amide bonds. The van der Waals surface area contributed by atoms with Crippen molar-refractivity contribution in [3.63, 3.8) is 0 Å². The van der Waals surface area contributed by atoms with E-state index in [-0.39, 0.29) is 18.0 Å². The first-order valence-electron chi connectivity index (χ1n) is 10.9. The summed E-state index contributed by atoms with van der Waals surface area (Å²) in [6.45, 7) is 11.1. The summed E-state index contributed by atoms with van der Waals surface area (Å²) in [5, 5.41) is 21.6. The number of fused-ring (bicyclic) bond motifs is 2. The second-order valence-electron chi connectivity index (χ2n) is 10.4. The highest BCUT2D eigenvalue weighted by atomic mass is 16.7. The third-order valence-electron chi connectivity index (χ3n) is 8.70. The Bertz CT molecular complexity index is 649. The van der Waals surface area contributed by atoms with Gasteiger partial charge in [-0.15, -0.1) is 0 Å². The zero-order valence-electron chi connectivity index (χ0n) is 17.9. The van der Waals surface area contributed by atoms with Crippen LogP contribution in [0.15, 0.2) is 0 Å². The fourth-order valence-electron chi connectivity index (χ4n) is 7.12. The molecule has 4 rings (SSSR count). The molecule has 8 atom stereocenters. The molecule has 0 bridgehead atoms. The third-order valence-corrected chi connectivity index (χ3v) is 8.70. The first-order valence-corrected chi connectivity index (χ1v) is 10.9. The van der Waals surface area contributed by atoms with Crippen LogP contribution in [0.4, 0.5) is 0 Å². The molecule has 2 spiro atoms. The maximum atomic E-state index is 13.3. The number of carbonyl (C=O) groups is 1. The number of aliphatic hydroxyl groups is 2. The van der Waals surface area contributed by atoms with Crippen molar-refractivity contribution in [1.82, 2.24) is 0 Å². The SMILES string of the molecule is CCO[C@@H]1C[C@@]2(CC[C@@]3(O2)[C@H](C)[C@@H](O)C(=O)[C@H]2C(C)(C)[C@H](O)CC[C@@]23C)CO1. The van der Waals surface area contributed by atoms with Gasteiger partial charge in [0.1, 0.15) is 6.10 Å². The van der Waals surface area contributed by atoms with Gasteiger partial charge in [0.15, 0.2) is 12.1 Å². The van der Waals surface area contributed by atoms with Gasteiger partial charge in [-0.1, -0.05) is 27.7 Å². The molecule has 0 unspecified atom stereocenters. The molecule has 160 valence electrons. The Kier molecular flexibility index (Phi) is 4.80. The quantitative estimate of drug-likeness (QED) is 0.746. The molecule has 2 aliphatic carbocycles. The van der Waals surface area contributed by atoms with E-state index in [9.17, 15) is 15.0 Å². The Balaban J connectivity index is 1.73. The Morgan fingerprint density at radius 2 is 1.89 bits per heavy atom. The lowest BCUT2D eigenvalue weighted by atomic mass is 9.43. The van der Waals surface area contributed by atoms with E-state index < -0.39 is 40.2 Å². The smallest absolute Gasteiger partial charge is 0.166 e. The summed E-state index contributed by atoms with van der Waals surface area (Å²) in [6, 6.07) is 0. The summed E-state index contributed by atoms with van der Waals surface area (Å²) in [6.07, 6.45) is 1.81. The fourth-order valence-corrected chi connectivity index (χ4v) is 7.12. The average molecular weight is 397 g/mol. The number of hydrogen-bond acceptors (Lipinski definition) is 6. The number of carbonyl (C=O) groups excluding carboxylic acids is 1. The highest BCUT2D eigenvalue weighted by Crippen LogP contribution is 2.67. The minimum absolute atomic E-state index is 0.135. The molecular formula is C22H36O6. The Hall–Kier alpha value is -0.530. The lowest BCUT2D eigenvalue weighted by Crippen LogP contribution is -2.71. The van der Waals surface area contributed by atoms with Gasteiger partial charge in [0.2, 0.25) is 0 Å². The number of aliphatic hydroxyl groups excluding tert-OH is 2. The second kappa shape index (κ2) is 6.48. The number of ketones is 1. The van der Waals surface area contributed by atoms with Crippen LogP contribution < -0.4 is 0 Å². The standard InChI is InChI=1S/C22H36O6/c1-6-26-15-11-21(12-27-15)9-10-22(28-21)13(2)16(24)17(25)18-19(3,4)14(23)7-8-20(18,22)5/h13-16,18,23-24H,6-12H2,1-5H3/t13-,14-,15+,16-,18+,20+,21+,22-/m1/s1. The molecule has 4 fully saturated rings. The van der Waals surface area contributed by atoms with Gasteiger partial charge in [0.05, 0.1) is 23.9 Å². The van der Waals surface area contributed by atoms with Crippen LogP contribution >= 0.6 is 0 Å². The van der Waals surface area contributed by atoms with E-state index in [1.807, 2.05) is 27.7 Å². The van der Waals surface area contributed by atoms with Gasteiger partial charge >= 0.3 is 0 Å². The summed E-state index contributed by atoms with van der Waals surface area (Å²) in [5.41, 5.74) is -2.05. The molecule has 2 saturated carbocycles. The van der Waals surface area contributed by atoms with Crippen LogP contribution in [0.3, 0.4) is 0 Å². The second-order valence-corrected chi connectivity index (χ2v) is 10.4. The average Bonchev–Trinajstić information content (AvgIpc) is 3.21. The van der Waals surface area contributed by atoms with Crippen LogP contribution in [0.1, 0.15) is 66.7 Å². The molecule has 2 saturated heterocycles. The number of ether oxygens (including phenoxy) is 3. The van der Waals surface area contributed by atoms with Crippen molar-refractivity contribution in [2.45, 2.75) is 96.4 Å². The van der Waals surface area contributed by atoms with Crippen LogP contribution in [-0.4, -0.2) is 58.9 Å².